The van der Waals surface area contributed by atoms with Crippen LogP contribution in [0.5, 0.6) is 0 Å². The summed E-state index contributed by atoms with van der Waals surface area (Å²) in [4.78, 5) is 17.1. The molecule has 5 nitrogen and oxygen atoms in total. The van der Waals surface area contributed by atoms with Crippen molar-refractivity contribution in [2.45, 2.75) is 52.5 Å². The van der Waals surface area contributed by atoms with Gasteiger partial charge in [-0.2, -0.15) is 0 Å². The fourth-order valence-corrected chi connectivity index (χ4v) is 3.24. The lowest BCUT2D eigenvalue weighted by Gasteiger charge is -2.14. The van der Waals surface area contributed by atoms with Gasteiger partial charge in [-0.25, -0.2) is 4.98 Å². The number of rotatable bonds is 10. The predicted octanol–water partition coefficient (Wildman–Crippen LogP) is 3.81. The maximum Gasteiger partial charge on any atom is 0.317 e. The Morgan fingerprint density at radius 3 is 2.44 bits per heavy atom. The standard InChI is InChI=1S/C22H31N3O2/c1-4-5-6-7-19-13-20(16(2)24-22(19)23)12-17-8-10-18(11-9-17)14-25(3)15-21(26)27/h8-11,13H,4-7,12,14-15H2,1-3H3,(H2,23,24)(H,26,27). The Balaban J connectivity index is 2.05. The largest absolute Gasteiger partial charge is 0.480 e. The van der Waals surface area contributed by atoms with Gasteiger partial charge in [0.1, 0.15) is 5.82 Å². The Morgan fingerprint density at radius 2 is 1.81 bits per heavy atom. The molecule has 0 saturated heterocycles. The zero-order valence-corrected chi connectivity index (χ0v) is 16.7. The summed E-state index contributed by atoms with van der Waals surface area (Å²) in [5, 5.41) is 8.85. The number of carbonyl (C=O) groups is 1. The summed E-state index contributed by atoms with van der Waals surface area (Å²) in [5.41, 5.74) is 11.8. The first-order valence-electron chi connectivity index (χ1n) is 9.62. The summed E-state index contributed by atoms with van der Waals surface area (Å²) in [6.07, 6.45) is 5.35. The Kier molecular flexibility index (Phi) is 7.80. The Hall–Kier alpha value is -2.40. The minimum atomic E-state index is -0.810. The van der Waals surface area contributed by atoms with Crippen molar-refractivity contribution < 1.29 is 9.90 Å². The van der Waals surface area contributed by atoms with E-state index >= 15 is 0 Å². The normalized spacial score (nSPS) is 11.1. The molecule has 2 rings (SSSR count). The van der Waals surface area contributed by atoms with E-state index in [1.165, 1.54) is 24.0 Å². The summed E-state index contributed by atoms with van der Waals surface area (Å²) in [7, 11) is 1.81. The molecule has 3 N–H and O–H groups in total. The van der Waals surface area contributed by atoms with Gasteiger partial charge in [-0.15, -0.1) is 0 Å². The van der Waals surface area contributed by atoms with Crippen molar-refractivity contribution in [1.82, 2.24) is 9.88 Å². The molecule has 0 spiro atoms. The van der Waals surface area contributed by atoms with Crippen LogP contribution in [-0.2, 0) is 24.2 Å². The number of anilines is 1. The quantitative estimate of drug-likeness (QED) is 0.623. The second-order valence-electron chi connectivity index (χ2n) is 7.29. The van der Waals surface area contributed by atoms with Gasteiger partial charge in [0.15, 0.2) is 0 Å². The molecule has 2 aromatic rings. The number of nitrogens with zero attached hydrogens (tertiary/aromatic N) is 2. The fraction of sp³-hybridized carbons (Fsp3) is 0.455. The summed E-state index contributed by atoms with van der Waals surface area (Å²) < 4.78 is 0. The van der Waals surface area contributed by atoms with Crippen molar-refractivity contribution >= 4 is 11.8 Å². The van der Waals surface area contributed by atoms with E-state index in [9.17, 15) is 4.79 Å². The molecule has 0 fully saturated rings. The molecule has 0 atom stereocenters. The number of nitrogens with two attached hydrogens (primary N) is 1. The second-order valence-corrected chi connectivity index (χ2v) is 7.29. The third-order valence-electron chi connectivity index (χ3n) is 4.76. The third kappa shape index (κ3) is 6.68. The van der Waals surface area contributed by atoms with E-state index in [1.54, 1.807) is 4.90 Å². The monoisotopic (exact) mass is 369 g/mol. The molecule has 0 saturated carbocycles. The van der Waals surface area contributed by atoms with Gasteiger partial charge in [0.2, 0.25) is 0 Å². The SMILES string of the molecule is CCCCCc1cc(Cc2ccc(CN(C)CC(=O)O)cc2)c(C)nc1N. The molecular formula is C22H31N3O2. The first-order valence-corrected chi connectivity index (χ1v) is 9.62. The highest BCUT2D eigenvalue weighted by Gasteiger charge is 2.09. The van der Waals surface area contributed by atoms with E-state index in [2.05, 4.69) is 42.2 Å². The maximum absolute atomic E-state index is 10.8. The number of aryl methyl sites for hydroxylation is 2. The van der Waals surface area contributed by atoms with Crippen LogP contribution in [0.3, 0.4) is 0 Å². The third-order valence-corrected chi connectivity index (χ3v) is 4.76. The van der Waals surface area contributed by atoms with E-state index in [-0.39, 0.29) is 6.54 Å². The molecular weight excluding hydrogens is 338 g/mol. The number of pyridine rings is 1. The van der Waals surface area contributed by atoms with Crippen molar-refractivity contribution in [2.24, 2.45) is 0 Å². The predicted molar refractivity (Wildman–Crippen MR) is 110 cm³/mol. The van der Waals surface area contributed by atoms with Gasteiger partial charge in [0, 0.05) is 12.2 Å². The Labute approximate surface area is 162 Å². The number of carboxylic acid groups (broad SMARTS) is 1. The minimum absolute atomic E-state index is 0.0405. The molecule has 0 amide bonds. The van der Waals surface area contributed by atoms with E-state index in [4.69, 9.17) is 10.8 Å². The molecule has 1 aromatic carbocycles. The summed E-state index contributed by atoms with van der Waals surface area (Å²) in [6.45, 7) is 4.87. The number of aliphatic carboxylic acids is 1. The van der Waals surface area contributed by atoms with Gasteiger partial charge in [0.25, 0.3) is 0 Å². The number of hydrogen-bond acceptors (Lipinski definition) is 4. The van der Waals surface area contributed by atoms with E-state index in [1.807, 2.05) is 14.0 Å². The first-order chi connectivity index (χ1) is 12.9. The smallest absolute Gasteiger partial charge is 0.317 e. The molecule has 27 heavy (non-hydrogen) atoms. The van der Waals surface area contributed by atoms with Crippen LogP contribution < -0.4 is 5.73 Å². The van der Waals surface area contributed by atoms with Gasteiger partial charge in [-0.1, -0.05) is 50.1 Å². The van der Waals surface area contributed by atoms with Crippen molar-refractivity contribution in [2.75, 3.05) is 19.3 Å². The van der Waals surface area contributed by atoms with Gasteiger partial charge in [-0.05, 0) is 55.5 Å². The summed E-state index contributed by atoms with van der Waals surface area (Å²) in [5.74, 6) is -0.153. The maximum atomic E-state index is 10.8. The van der Waals surface area contributed by atoms with Crippen LogP contribution in [0.15, 0.2) is 30.3 Å². The number of unbranched alkanes of at least 4 members (excludes halogenated alkanes) is 2. The van der Waals surface area contributed by atoms with Gasteiger partial charge in [0.05, 0.1) is 6.54 Å². The molecule has 1 heterocycles. The number of hydrogen-bond donors (Lipinski definition) is 2. The molecule has 0 bridgehead atoms. The zero-order chi connectivity index (χ0) is 19.8. The van der Waals surface area contributed by atoms with E-state index in [0.717, 1.165) is 36.1 Å². The second kappa shape index (κ2) is 10.1. The molecule has 1 aromatic heterocycles. The van der Waals surface area contributed by atoms with Crippen LogP contribution in [0.1, 0.15) is 54.1 Å². The van der Waals surface area contributed by atoms with Gasteiger partial charge < -0.3 is 10.8 Å². The number of carboxylic acids is 1. The van der Waals surface area contributed by atoms with Crippen molar-refractivity contribution in [3.05, 3.63) is 58.3 Å². The van der Waals surface area contributed by atoms with Crippen molar-refractivity contribution in [3.8, 4) is 0 Å². The van der Waals surface area contributed by atoms with Crippen LogP contribution in [0, 0.1) is 6.92 Å². The van der Waals surface area contributed by atoms with Crippen LogP contribution in [0.4, 0.5) is 5.82 Å². The Bertz CT molecular complexity index is 757. The molecule has 5 heteroatoms. The van der Waals surface area contributed by atoms with Crippen molar-refractivity contribution in [1.29, 1.82) is 0 Å². The van der Waals surface area contributed by atoms with Crippen LogP contribution in [-0.4, -0.2) is 34.6 Å². The average Bonchev–Trinajstić information content (AvgIpc) is 2.59. The topological polar surface area (TPSA) is 79.5 Å². The average molecular weight is 370 g/mol. The van der Waals surface area contributed by atoms with E-state index < -0.39 is 5.97 Å². The minimum Gasteiger partial charge on any atom is -0.480 e. The molecule has 0 aliphatic carbocycles. The number of likely N-dealkylation sites (N-methyl/N-ethyl adjacent to an activating group) is 1. The number of benzene rings is 1. The molecule has 0 aliphatic rings. The van der Waals surface area contributed by atoms with Crippen LogP contribution in [0.2, 0.25) is 0 Å². The van der Waals surface area contributed by atoms with Crippen LogP contribution >= 0.6 is 0 Å². The molecule has 146 valence electrons. The van der Waals surface area contributed by atoms with Gasteiger partial charge in [-0.3, -0.25) is 9.69 Å². The highest BCUT2D eigenvalue weighted by molar-refractivity contribution is 5.69. The van der Waals surface area contributed by atoms with E-state index in [0.29, 0.717) is 12.4 Å². The lowest BCUT2D eigenvalue weighted by molar-refractivity contribution is -0.138. The zero-order valence-electron chi connectivity index (χ0n) is 16.7. The van der Waals surface area contributed by atoms with Crippen LogP contribution in [0.25, 0.3) is 0 Å². The van der Waals surface area contributed by atoms with Crippen molar-refractivity contribution in [3.63, 3.8) is 0 Å². The molecule has 0 radical (unpaired) electrons. The molecule has 0 aliphatic heterocycles. The Morgan fingerprint density at radius 1 is 1.15 bits per heavy atom. The lowest BCUT2D eigenvalue weighted by atomic mass is 9.99. The number of aromatic nitrogens is 1. The highest BCUT2D eigenvalue weighted by atomic mass is 16.4. The lowest BCUT2D eigenvalue weighted by Crippen LogP contribution is -2.25. The molecule has 0 unspecified atom stereocenters. The highest BCUT2D eigenvalue weighted by Crippen LogP contribution is 2.20. The number of nitrogen functional groups attached to an aromatic ring is 1. The van der Waals surface area contributed by atoms with Gasteiger partial charge >= 0.3 is 5.97 Å². The summed E-state index contributed by atoms with van der Waals surface area (Å²) in [6, 6.07) is 10.6. The summed E-state index contributed by atoms with van der Waals surface area (Å²) >= 11 is 0. The first kappa shape index (κ1) is 20.9. The fourth-order valence-electron chi connectivity index (χ4n) is 3.24.